The maximum atomic E-state index is 11.9. The van der Waals surface area contributed by atoms with Crippen LogP contribution in [0.1, 0.15) is 18.4 Å². The summed E-state index contributed by atoms with van der Waals surface area (Å²) in [4.78, 5) is 15.1. The predicted octanol–water partition coefficient (Wildman–Crippen LogP) is 4.05. The standard InChI is InChI=1S/C18H15NO3S/c1-2-19-12-8-4-6-10-14(12)23-17(19)16-15(18(20)21)11-7-3-5-9-13(11)22-16/h3-10,15H,2H2,1H3,(H,20,21)/b17-16-. The Bertz CT molecular complexity index is 831. The number of carbonyl (C=O) groups is 1. The molecular formula is C18H15NO3S. The van der Waals surface area contributed by atoms with Crippen LogP contribution in [0, 0.1) is 0 Å². The summed E-state index contributed by atoms with van der Waals surface area (Å²) >= 11 is 1.58. The second-order valence-electron chi connectivity index (χ2n) is 5.39. The van der Waals surface area contributed by atoms with Crippen molar-refractivity contribution in [2.24, 2.45) is 0 Å². The molecule has 1 N–H and O–H groups in total. The number of fused-ring (bicyclic) bond motifs is 2. The predicted molar refractivity (Wildman–Crippen MR) is 89.8 cm³/mol. The maximum absolute atomic E-state index is 11.9. The molecule has 4 rings (SSSR count). The van der Waals surface area contributed by atoms with Gasteiger partial charge in [0.15, 0.2) is 5.76 Å². The van der Waals surface area contributed by atoms with Crippen molar-refractivity contribution in [1.29, 1.82) is 0 Å². The van der Waals surface area contributed by atoms with Crippen LogP contribution in [0.25, 0.3) is 0 Å². The first-order chi connectivity index (χ1) is 11.2. The Morgan fingerprint density at radius 1 is 1.22 bits per heavy atom. The van der Waals surface area contributed by atoms with Crippen LogP contribution in [0.3, 0.4) is 0 Å². The first-order valence-corrected chi connectivity index (χ1v) is 8.30. The van der Waals surface area contributed by atoms with Gasteiger partial charge in [0.25, 0.3) is 0 Å². The van der Waals surface area contributed by atoms with Crippen molar-refractivity contribution in [2.75, 3.05) is 11.4 Å². The van der Waals surface area contributed by atoms with Crippen LogP contribution in [-0.2, 0) is 4.79 Å². The molecule has 0 radical (unpaired) electrons. The monoisotopic (exact) mass is 325 g/mol. The minimum absolute atomic E-state index is 0.516. The minimum atomic E-state index is -0.884. The normalized spacial score (nSPS) is 21.8. The van der Waals surface area contributed by atoms with Gasteiger partial charge in [-0.3, -0.25) is 4.79 Å². The van der Waals surface area contributed by atoms with Gasteiger partial charge < -0.3 is 14.7 Å². The number of hydrogen-bond acceptors (Lipinski definition) is 4. The summed E-state index contributed by atoms with van der Waals surface area (Å²) in [5, 5.41) is 10.6. The molecule has 0 spiro atoms. The van der Waals surface area contributed by atoms with E-state index < -0.39 is 11.9 Å². The Kier molecular flexibility index (Phi) is 3.31. The van der Waals surface area contributed by atoms with Gasteiger partial charge in [-0.25, -0.2) is 0 Å². The van der Waals surface area contributed by atoms with E-state index in [-0.39, 0.29) is 0 Å². The minimum Gasteiger partial charge on any atom is -0.480 e. The Labute approximate surface area is 138 Å². The number of anilines is 1. The van der Waals surface area contributed by atoms with Crippen molar-refractivity contribution in [3.05, 3.63) is 64.9 Å². The van der Waals surface area contributed by atoms with E-state index in [1.807, 2.05) is 42.5 Å². The Balaban J connectivity index is 1.87. The summed E-state index contributed by atoms with van der Waals surface area (Å²) in [6.45, 7) is 2.82. The fraction of sp³-hybridized carbons (Fsp3) is 0.167. The summed E-state index contributed by atoms with van der Waals surface area (Å²) in [6.07, 6.45) is 0. The molecule has 4 nitrogen and oxygen atoms in total. The molecular weight excluding hydrogens is 310 g/mol. The molecule has 116 valence electrons. The quantitative estimate of drug-likeness (QED) is 0.903. The van der Waals surface area contributed by atoms with E-state index in [4.69, 9.17) is 4.74 Å². The maximum Gasteiger partial charge on any atom is 0.319 e. The van der Waals surface area contributed by atoms with E-state index in [1.165, 1.54) is 0 Å². The van der Waals surface area contributed by atoms with Crippen molar-refractivity contribution in [3.8, 4) is 5.75 Å². The topological polar surface area (TPSA) is 49.8 Å². The summed E-state index contributed by atoms with van der Waals surface area (Å²) in [7, 11) is 0. The zero-order valence-electron chi connectivity index (χ0n) is 12.5. The van der Waals surface area contributed by atoms with Gasteiger partial charge in [-0.05, 0) is 25.1 Å². The zero-order valence-corrected chi connectivity index (χ0v) is 13.3. The molecule has 0 aromatic heterocycles. The van der Waals surface area contributed by atoms with Gasteiger partial charge in [0.05, 0.1) is 5.69 Å². The highest BCUT2D eigenvalue weighted by molar-refractivity contribution is 8.03. The van der Waals surface area contributed by atoms with Crippen molar-refractivity contribution in [1.82, 2.24) is 0 Å². The van der Waals surface area contributed by atoms with Crippen LogP contribution < -0.4 is 9.64 Å². The lowest BCUT2D eigenvalue weighted by Gasteiger charge is -2.20. The van der Waals surface area contributed by atoms with E-state index >= 15 is 0 Å². The van der Waals surface area contributed by atoms with Crippen molar-refractivity contribution < 1.29 is 14.6 Å². The Morgan fingerprint density at radius 3 is 2.74 bits per heavy atom. The highest BCUT2D eigenvalue weighted by Crippen LogP contribution is 2.52. The number of thioether (sulfide) groups is 1. The average molecular weight is 325 g/mol. The third-order valence-electron chi connectivity index (χ3n) is 4.09. The van der Waals surface area contributed by atoms with E-state index in [2.05, 4.69) is 17.9 Å². The van der Waals surface area contributed by atoms with Gasteiger partial charge in [-0.15, -0.1) is 0 Å². The molecule has 0 aliphatic carbocycles. The number of rotatable bonds is 2. The van der Waals surface area contributed by atoms with Crippen molar-refractivity contribution in [3.63, 3.8) is 0 Å². The van der Waals surface area contributed by atoms with Crippen LogP contribution in [0.4, 0.5) is 5.69 Å². The number of carboxylic acids is 1. The summed E-state index contributed by atoms with van der Waals surface area (Å²) < 4.78 is 5.96. The van der Waals surface area contributed by atoms with Gasteiger partial charge >= 0.3 is 5.97 Å². The number of carboxylic acid groups (broad SMARTS) is 1. The molecule has 1 atom stereocenters. The Morgan fingerprint density at radius 2 is 1.96 bits per heavy atom. The van der Waals surface area contributed by atoms with Crippen LogP contribution in [0.5, 0.6) is 5.75 Å². The highest BCUT2D eigenvalue weighted by atomic mass is 32.2. The van der Waals surface area contributed by atoms with Crippen LogP contribution in [0.15, 0.2) is 64.2 Å². The van der Waals surface area contributed by atoms with Crippen LogP contribution in [-0.4, -0.2) is 17.6 Å². The van der Waals surface area contributed by atoms with Gasteiger partial charge in [-0.2, -0.15) is 0 Å². The van der Waals surface area contributed by atoms with Crippen LogP contribution >= 0.6 is 11.8 Å². The number of aliphatic carboxylic acids is 1. The Hall–Kier alpha value is -2.40. The average Bonchev–Trinajstić information content (AvgIpc) is 3.12. The number of ether oxygens (including phenoxy) is 1. The molecule has 2 aliphatic heterocycles. The molecule has 2 aromatic rings. The molecule has 2 aliphatic rings. The first kappa shape index (κ1) is 14.2. The van der Waals surface area contributed by atoms with Crippen molar-refractivity contribution in [2.45, 2.75) is 17.7 Å². The number of para-hydroxylation sites is 2. The fourth-order valence-electron chi connectivity index (χ4n) is 3.08. The van der Waals surface area contributed by atoms with E-state index in [1.54, 1.807) is 11.8 Å². The summed E-state index contributed by atoms with van der Waals surface area (Å²) in [6, 6.07) is 15.4. The molecule has 0 bridgehead atoms. The third kappa shape index (κ3) is 2.11. The number of hydrogen-bond donors (Lipinski definition) is 1. The number of benzene rings is 2. The fourth-order valence-corrected chi connectivity index (χ4v) is 4.31. The molecule has 0 saturated heterocycles. The molecule has 2 aromatic carbocycles. The van der Waals surface area contributed by atoms with Crippen molar-refractivity contribution >= 4 is 23.4 Å². The van der Waals surface area contributed by atoms with Gasteiger partial charge in [0, 0.05) is 17.0 Å². The van der Waals surface area contributed by atoms with Gasteiger partial charge in [-0.1, -0.05) is 42.1 Å². The van der Waals surface area contributed by atoms with E-state index in [0.29, 0.717) is 11.5 Å². The summed E-state index contributed by atoms with van der Waals surface area (Å²) in [5.74, 6) is -0.487. The summed E-state index contributed by atoms with van der Waals surface area (Å²) in [5.41, 5.74) is 1.82. The molecule has 0 amide bonds. The SMILES string of the molecule is CCN1/C(=C2/Oc3ccccc3C2C(=O)O)Sc2ccccc21. The second kappa shape index (κ2) is 5.35. The highest BCUT2D eigenvalue weighted by Gasteiger charge is 2.41. The van der Waals surface area contributed by atoms with Gasteiger partial charge in [0.1, 0.15) is 16.7 Å². The molecule has 2 heterocycles. The molecule has 1 unspecified atom stereocenters. The molecule has 0 fully saturated rings. The van der Waals surface area contributed by atoms with E-state index in [0.717, 1.165) is 27.7 Å². The molecule has 5 heteroatoms. The third-order valence-corrected chi connectivity index (χ3v) is 5.27. The lowest BCUT2D eigenvalue weighted by molar-refractivity contribution is -0.138. The lowest BCUT2D eigenvalue weighted by Crippen LogP contribution is -2.22. The molecule has 23 heavy (non-hydrogen) atoms. The number of nitrogens with zero attached hydrogens (tertiary/aromatic N) is 1. The largest absolute Gasteiger partial charge is 0.480 e. The second-order valence-corrected chi connectivity index (χ2v) is 6.43. The van der Waals surface area contributed by atoms with E-state index in [9.17, 15) is 9.90 Å². The smallest absolute Gasteiger partial charge is 0.319 e. The van der Waals surface area contributed by atoms with Crippen LogP contribution in [0.2, 0.25) is 0 Å². The zero-order chi connectivity index (χ0) is 16.0. The first-order valence-electron chi connectivity index (χ1n) is 7.49. The molecule has 0 saturated carbocycles. The van der Waals surface area contributed by atoms with Gasteiger partial charge in [0.2, 0.25) is 0 Å². The lowest BCUT2D eigenvalue weighted by atomic mass is 9.99.